The number of alkyl halides is 2. The first-order valence-electron chi connectivity index (χ1n) is 5.13. The average Bonchev–Trinajstić information content (AvgIpc) is 2.54. The summed E-state index contributed by atoms with van der Waals surface area (Å²) in [6.45, 7) is -0.133. The third-order valence-electron chi connectivity index (χ3n) is 2.65. The maximum atomic E-state index is 13.4. The van der Waals surface area contributed by atoms with Crippen molar-refractivity contribution in [3.63, 3.8) is 0 Å². The second kappa shape index (κ2) is 4.70. The first kappa shape index (κ1) is 12.4. The molecule has 2 rings (SSSR count). The zero-order chi connectivity index (χ0) is 12.5. The Bertz CT molecular complexity index is 405. The molecule has 0 N–H and O–H groups in total. The van der Waals surface area contributed by atoms with Crippen molar-refractivity contribution < 1.29 is 13.5 Å². The molecule has 17 heavy (non-hydrogen) atoms. The lowest BCUT2D eigenvalue weighted by Gasteiger charge is -2.24. The van der Waals surface area contributed by atoms with Gasteiger partial charge in [-0.1, -0.05) is 11.6 Å². The molecule has 0 saturated carbocycles. The lowest BCUT2D eigenvalue weighted by Crippen LogP contribution is -2.34. The molecule has 1 aromatic rings. The second-order valence-corrected chi connectivity index (χ2v) is 4.38. The van der Waals surface area contributed by atoms with Crippen LogP contribution in [-0.2, 0) is 4.74 Å². The summed E-state index contributed by atoms with van der Waals surface area (Å²) < 4.78 is 31.7. The predicted octanol–water partition coefficient (Wildman–Crippen LogP) is 1.99. The average molecular weight is 264 g/mol. The lowest BCUT2D eigenvalue weighted by molar-refractivity contribution is 0.0189. The van der Waals surface area contributed by atoms with E-state index in [2.05, 4.69) is 9.97 Å². The third-order valence-corrected chi connectivity index (χ3v) is 2.86. The molecule has 1 unspecified atom stereocenters. The van der Waals surface area contributed by atoms with Crippen LogP contribution < -0.4 is 4.90 Å². The van der Waals surface area contributed by atoms with Crippen LogP contribution in [0.4, 0.5) is 14.6 Å². The highest BCUT2D eigenvalue weighted by Crippen LogP contribution is 2.35. The van der Waals surface area contributed by atoms with E-state index in [0.717, 1.165) is 0 Å². The molecule has 2 heterocycles. The van der Waals surface area contributed by atoms with E-state index in [0.29, 0.717) is 5.82 Å². The summed E-state index contributed by atoms with van der Waals surface area (Å²) in [6.07, 6.45) is 1.03. The molecule has 0 amide bonds. The number of methoxy groups -OCH3 is 1. The molecular weight excluding hydrogens is 252 g/mol. The number of rotatable bonds is 3. The maximum Gasteiger partial charge on any atom is 0.267 e. The molecule has 1 aliphatic rings. The fourth-order valence-electron chi connectivity index (χ4n) is 1.99. The van der Waals surface area contributed by atoms with Crippen molar-refractivity contribution in [1.29, 1.82) is 0 Å². The summed E-state index contributed by atoms with van der Waals surface area (Å²) in [5.41, 5.74) is 0. The van der Waals surface area contributed by atoms with Gasteiger partial charge in [0.25, 0.3) is 5.92 Å². The van der Waals surface area contributed by atoms with E-state index in [-0.39, 0.29) is 30.8 Å². The van der Waals surface area contributed by atoms with E-state index >= 15 is 0 Å². The van der Waals surface area contributed by atoms with Gasteiger partial charge in [-0.3, -0.25) is 0 Å². The monoisotopic (exact) mass is 263 g/mol. The minimum Gasteiger partial charge on any atom is -0.383 e. The van der Waals surface area contributed by atoms with Gasteiger partial charge < -0.3 is 9.64 Å². The highest BCUT2D eigenvalue weighted by Gasteiger charge is 2.45. The van der Waals surface area contributed by atoms with Crippen molar-refractivity contribution in [1.82, 2.24) is 9.97 Å². The molecule has 0 bridgehead atoms. The largest absolute Gasteiger partial charge is 0.383 e. The molecule has 7 heteroatoms. The van der Waals surface area contributed by atoms with Crippen LogP contribution in [0.15, 0.2) is 12.4 Å². The molecular formula is C10H12ClF2N3O. The van der Waals surface area contributed by atoms with Gasteiger partial charge in [-0.05, 0) is 0 Å². The zero-order valence-corrected chi connectivity index (χ0v) is 9.99. The predicted molar refractivity (Wildman–Crippen MR) is 59.6 cm³/mol. The topological polar surface area (TPSA) is 38.2 Å². The molecule has 1 aromatic heterocycles. The van der Waals surface area contributed by atoms with E-state index in [1.807, 2.05) is 0 Å². The smallest absolute Gasteiger partial charge is 0.267 e. The molecule has 1 saturated heterocycles. The number of hydrogen-bond donors (Lipinski definition) is 0. The Labute approximate surface area is 103 Å². The van der Waals surface area contributed by atoms with Crippen molar-refractivity contribution >= 4 is 17.4 Å². The van der Waals surface area contributed by atoms with Crippen LogP contribution in [0, 0.1) is 0 Å². The summed E-state index contributed by atoms with van der Waals surface area (Å²) in [7, 11) is 1.49. The zero-order valence-electron chi connectivity index (χ0n) is 9.24. The first-order chi connectivity index (χ1) is 8.02. The van der Waals surface area contributed by atoms with Gasteiger partial charge in [0.15, 0.2) is 0 Å². The van der Waals surface area contributed by atoms with Gasteiger partial charge in [0.05, 0.1) is 19.2 Å². The second-order valence-electron chi connectivity index (χ2n) is 4.00. The molecule has 1 atom stereocenters. The van der Waals surface area contributed by atoms with Crippen molar-refractivity contribution in [2.45, 2.75) is 18.4 Å². The molecule has 1 aliphatic heterocycles. The highest BCUT2D eigenvalue weighted by atomic mass is 35.5. The number of nitrogens with zero attached hydrogens (tertiary/aromatic N) is 3. The normalized spacial score (nSPS) is 23.1. The Kier molecular flexibility index (Phi) is 3.44. The van der Waals surface area contributed by atoms with E-state index in [1.165, 1.54) is 24.4 Å². The summed E-state index contributed by atoms with van der Waals surface area (Å²) in [6, 6.07) is 1.09. The van der Waals surface area contributed by atoms with E-state index in [9.17, 15) is 8.78 Å². The van der Waals surface area contributed by atoms with Crippen molar-refractivity contribution in [2.24, 2.45) is 0 Å². The summed E-state index contributed by atoms with van der Waals surface area (Å²) in [5.74, 6) is -2.31. The van der Waals surface area contributed by atoms with Crippen molar-refractivity contribution in [3.8, 4) is 0 Å². The van der Waals surface area contributed by atoms with Gasteiger partial charge in [0.1, 0.15) is 17.3 Å². The van der Waals surface area contributed by atoms with E-state index < -0.39 is 5.92 Å². The Morgan fingerprint density at radius 3 is 3.00 bits per heavy atom. The van der Waals surface area contributed by atoms with Crippen LogP contribution >= 0.6 is 11.6 Å². The van der Waals surface area contributed by atoms with Crippen LogP contribution in [-0.4, -0.2) is 42.2 Å². The van der Waals surface area contributed by atoms with Gasteiger partial charge in [0, 0.05) is 19.6 Å². The van der Waals surface area contributed by atoms with Gasteiger partial charge in [0.2, 0.25) is 0 Å². The van der Waals surface area contributed by atoms with Gasteiger partial charge in [-0.15, -0.1) is 0 Å². The van der Waals surface area contributed by atoms with Crippen molar-refractivity contribution in [3.05, 3.63) is 17.5 Å². The Morgan fingerprint density at radius 2 is 2.35 bits per heavy atom. The Hall–Kier alpha value is -1.01. The highest BCUT2D eigenvalue weighted by molar-refractivity contribution is 6.29. The quantitative estimate of drug-likeness (QED) is 0.782. The van der Waals surface area contributed by atoms with Crippen LogP contribution in [0.2, 0.25) is 5.15 Å². The molecule has 4 nitrogen and oxygen atoms in total. The number of ether oxygens (including phenoxy) is 1. The van der Waals surface area contributed by atoms with Crippen LogP contribution in [0.1, 0.15) is 6.42 Å². The molecule has 0 radical (unpaired) electrons. The number of aromatic nitrogens is 2. The molecule has 0 aliphatic carbocycles. The number of halogens is 3. The van der Waals surface area contributed by atoms with Gasteiger partial charge in [-0.25, -0.2) is 18.7 Å². The fraction of sp³-hybridized carbons (Fsp3) is 0.600. The lowest BCUT2D eigenvalue weighted by atomic mass is 10.2. The molecule has 0 spiro atoms. The molecule has 94 valence electrons. The van der Waals surface area contributed by atoms with E-state index in [4.69, 9.17) is 16.3 Å². The van der Waals surface area contributed by atoms with Gasteiger partial charge in [-0.2, -0.15) is 0 Å². The summed E-state index contributed by atoms with van der Waals surface area (Å²) >= 11 is 5.72. The standard InChI is InChI=1S/C10H12ClF2N3O/c1-17-4-7-3-10(12,13)5-16(7)9-2-8(11)14-6-15-9/h2,6-7H,3-5H2,1H3. The van der Waals surface area contributed by atoms with Crippen LogP contribution in [0.3, 0.4) is 0 Å². The molecule has 0 aromatic carbocycles. The van der Waals surface area contributed by atoms with Gasteiger partial charge >= 0.3 is 0 Å². The minimum atomic E-state index is -2.72. The summed E-state index contributed by atoms with van der Waals surface area (Å²) in [4.78, 5) is 9.20. The van der Waals surface area contributed by atoms with Crippen LogP contribution in [0.5, 0.6) is 0 Å². The first-order valence-corrected chi connectivity index (χ1v) is 5.50. The van der Waals surface area contributed by atoms with E-state index in [1.54, 1.807) is 0 Å². The number of hydrogen-bond acceptors (Lipinski definition) is 4. The number of anilines is 1. The minimum absolute atomic E-state index is 0.233. The maximum absolute atomic E-state index is 13.4. The molecule has 1 fully saturated rings. The fourth-order valence-corrected chi connectivity index (χ4v) is 2.13. The van der Waals surface area contributed by atoms with Crippen molar-refractivity contribution in [2.75, 3.05) is 25.2 Å². The Balaban J connectivity index is 2.23. The van der Waals surface area contributed by atoms with Crippen LogP contribution in [0.25, 0.3) is 0 Å². The Morgan fingerprint density at radius 1 is 1.59 bits per heavy atom. The third kappa shape index (κ3) is 2.81. The summed E-state index contributed by atoms with van der Waals surface area (Å²) in [5, 5.41) is 0.237. The SMILES string of the molecule is COCC1CC(F)(F)CN1c1cc(Cl)ncn1.